The number of rotatable bonds is 6. The quantitative estimate of drug-likeness (QED) is 0.834. The van der Waals surface area contributed by atoms with E-state index in [4.69, 9.17) is 0 Å². The predicted molar refractivity (Wildman–Crippen MR) is 99.3 cm³/mol. The van der Waals surface area contributed by atoms with Gasteiger partial charge in [0.2, 0.25) is 0 Å². The van der Waals surface area contributed by atoms with Crippen LogP contribution in [0.5, 0.6) is 0 Å². The minimum Gasteiger partial charge on any atom is -0.370 e. The van der Waals surface area contributed by atoms with Crippen molar-refractivity contribution in [2.75, 3.05) is 24.5 Å². The summed E-state index contributed by atoms with van der Waals surface area (Å²) in [4.78, 5) is 26.3. The van der Waals surface area contributed by atoms with E-state index in [0.29, 0.717) is 18.2 Å². The summed E-state index contributed by atoms with van der Waals surface area (Å²) in [5, 5.41) is 11.3. The number of hydrogen-bond donors (Lipinski definition) is 1. The summed E-state index contributed by atoms with van der Waals surface area (Å²) in [7, 11) is 1.65. The van der Waals surface area contributed by atoms with Gasteiger partial charge in [0, 0.05) is 45.5 Å². The van der Waals surface area contributed by atoms with E-state index < -0.39 is 0 Å². The molecule has 1 aliphatic heterocycles. The third-order valence-electron chi connectivity index (χ3n) is 4.87. The number of carbonyl (C=O) groups is 1. The number of amides is 1. The largest absolute Gasteiger partial charge is 0.370 e. The van der Waals surface area contributed by atoms with Gasteiger partial charge in [0.05, 0.1) is 11.9 Å². The highest BCUT2D eigenvalue weighted by Crippen LogP contribution is 2.21. The molecule has 1 saturated heterocycles. The zero-order chi connectivity index (χ0) is 18.5. The molecular formula is C18H26N6O2. The third kappa shape index (κ3) is 4.12. The van der Waals surface area contributed by atoms with Crippen molar-refractivity contribution in [2.45, 2.75) is 32.7 Å². The fourth-order valence-corrected chi connectivity index (χ4v) is 3.27. The van der Waals surface area contributed by atoms with Gasteiger partial charge in [0.25, 0.3) is 11.5 Å². The van der Waals surface area contributed by atoms with Crippen molar-refractivity contribution in [3.63, 3.8) is 0 Å². The molecule has 1 aliphatic rings. The molecule has 1 N–H and O–H groups in total. The van der Waals surface area contributed by atoms with Gasteiger partial charge >= 0.3 is 0 Å². The molecular weight excluding hydrogens is 332 g/mol. The van der Waals surface area contributed by atoms with Crippen molar-refractivity contribution in [3.05, 3.63) is 40.6 Å². The number of piperidine rings is 1. The maximum atomic E-state index is 12.4. The second kappa shape index (κ2) is 8.16. The van der Waals surface area contributed by atoms with Gasteiger partial charge in [-0.05, 0) is 31.2 Å². The Kier molecular flexibility index (Phi) is 5.70. The summed E-state index contributed by atoms with van der Waals surface area (Å²) in [5.74, 6) is 0.381. The van der Waals surface area contributed by atoms with E-state index in [1.807, 2.05) is 0 Å². The summed E-state index contributed by atoms with van der Waals surface area (Å²) in [5.41, 5.74) is 1.40. The smallest absolute Gasteiger partial charge is 0.269 e. The molecule has 0 saturated carbocycles. The number of anilines is 1. The van der Waals surface area contributed by atoms with Gasteiger partial charge in [0.1, 0.15) is 5.69 Å². The number of aromatic nitrogens is 4. The van der Waals surface area contributed by atoms with E-state index in [2.05, 4.69) is 27.3 Å². The van der Waals surface area contributed by atoms with Crippen molar-refractivity contribution in [3.8, 4) is 0 Å². The molecule has 8 heteroatoms. The van der Waals surface area contributed by atoms with Crippen molar-refractivity contribution in [2.24, 2.45) is 13.0 Å². The SMILES string of the molecule is CCCn1nccc1C(=O)NCC1CCN(c2cnn(C)c(=O)c2)CC1. The Balaban J connectivity index is 1.49. The van der Waals surface area contributed by atoms with Crippen LogP contribution in [-0.2, 0) is 13.6 Å². The highest BCUT2D eigenvalue weighted by Gasteiger charge is 2.21. The van der Waals surface area contributed by atoms with Crippen LogP contribution in [0.1, 0.15) is 36.7 Å². The van der Waals surface area contributed by atoms with Gasteiger partial charge < -0.3 is 10.2 Å². The van der Waals surface area contributed by atoms with Crippen LogP contribution in [0.4, 0.5) is 5.69 Å². The molecule has 1 fully saturated rings. The molecule has 140 valence electrons. The van der Waals surface area contributed by atoms with Gasteiger partial charge in [-0.1, -0.05) is 6.92 Å². The van der Waals surface area contributed by atoms with Gasteiger partial charge in [-0.3, -0.25) is 14.3 Å². The number of hydrogen-bond acceptors (Lipinski definition) is 5. The first-order valence-electron chi connectivity index (χ1n) is 9.16. The Labute approximate surface area is 152 Å². The van der Waals surface area contributed by atoms with Crippen LogP contribution >= 0.6 is 0 Å². The number of aryl methyl sites for hydroxylation is 2. The van der Waals surface area contributed by atoms with Crippen LogP contribution in [0.15, 0.2) is 29.3 Å². The van der Waals surface area contributed by atoms with E-state index >= 15 is 0 Å². The number of nitrogens with zero attached hydrogens (tertiary/aromatic N) is 5. The lowest BCUT2D eigenvalue weighted by atomic mass is 9.96. The minimum atomic E-state index is -0.0967. The molecule has 8 nitrogen and oxygen atoms in total. The monoisotopic (exact) mass is 358 g/mol. The first kappa shape index (κ1) is 18.2. The average Bonchev–Trinajstić information content (AvgIpc) is 3.11. The standard InChI is InChI=1S/C18H26N6O2/c1-3-8-24-16(4-7-20-24)18(26)19-12-14-5-9-23(10-6-14)15-11-17(25)22(2)21-13-15/h4,7,11,13-14H,3,5-6,8-10,12H2,1-2H3,(H,19,26). The first-order valence-corrected chi connectivity index (χ1v) is 9.16. The van der Waals surface area contributed by atoms with Crippen molar-refractivity contribution in [1.82, 2.24) is 24.9 Å². The minimum absolute atomic E-state index is 0.0610. The Morgan fingerprint density at radius 3 is 2.77 bits per heavy atom. The van der Waals surface area contributed by atoms with Crippen molar-refractivity contribution >= 4 is 11.6 Å². The van der Waals surface area contributed by atoms with Crippen LogP contribution in [-0.4, -0.2) is 45.1 Å². The molecule has 26 heavy (non-hydrogen) atoms. The Bertz CT molecular complexity index is 804. The van der Waals surface area contributed by atoms with Gasteiger partial charge in [-0.15, -0.1) is 0 Å². The van der Waals surface area contributed by atoms with Crippen molar-refractivity contribution in [1.29, 1.82) is 0 Å². The fourth-order valence-electron chi connectivity index (χ4n) is 3.27. The highest BCUT2D eigenvalue weighted by molar-refractivity contribution is 5.92. The van der Waals surface area contributed by atoms with Crippen LogP contribution in [0.3, 0.4) is 0 Å². The molecule has 0 aliphatic carbocycles. The molecule has 2 aromatic heterocycles. The summed E-state index contributed by atoms with van der Waals surface area (Å²) in [6, 6.07) is 3.39. The zero-order valence-corrected chi connectivity index (χ0v) is 15.4. The maximum Gasteiger partial charge on any atom is 0.269 e. The number of nitrogens with one attached hydrogen (secondary N) is 1. The zero-order valence-electron chi connectivity index (χ0n) is 15.4. The van der Waals surface area contributed by atoms with Crippen LogP contribution < -0.4 is 15.8 Å². The normalized spacial score (nSPS) is 15.2. The van der Waals surface area contributed by atoms with Crippen LogP contribution in [0.25, 0.3) is 0 Å². The molecule has 0 aromatic carbocycles. The molecule has 0 atom stereocenters. The molecule has 2 aromatic rings. The van der Waals surface area contributed by atoms with Crippen molar-refractivity contribution < 1.29 is 4.79 Å². The lowest BCUT2D eigenvalue weighted by Crippen LogP contribution is -2.39. The molecule has 3 heterocycles. The van der Waals surface area contributed by atoms with E-state index in [-0.39, 0.29) is 11.5 Å². The second-order valence-electron chi connectivity index (χ2n) is 6.76. The summed E-state index contributed by atoms with van der Waals surface area (Å²) < 4.78 is 3.08. The van der Waals surface area contributed by atoms with Gasteiger partial charge in [-0.2, -0.15) is 10.2 Å². The first-order chi connectivity index (χ1) is 12.6. The van der Waals surface area contributed by atoms with E-state index in [0.717, 1.165) is 44.6 Å². The Morgan fingerprint density at radius 2 is 2.08 bits per heavy atom. The molecule has 3 rings (SSSR count). The topological polar surface area (TPSA) is 85.1 Å². The number of carbonyl (C=O) groups excluding carboxylic acids is 1. The lowest BCUT2D eigenvalue weighted by Gasteiger charge is -2.33. The highest BCUT2D eigenvalue weighted by atomic mass is 16.2. The Hall–Kier alpha value is -2.64. The summed E-state index contributed by atoms with van der Waals surface area (Å²) in [6.45, 7) is 5.21. The molecule has 1 amide bonds. The predicted octanol–water partition coefficient (Wildman–Crippen LogP) is 1.03. The van der Waals surface area contributed by atoms with Crippen LogP contribution in [0, 0.1) is 5.92 Å². The van der Waals surface area contributed by atoms with Crippen LogP contribution in [0.2, 0.25) is 0 Å². The fraction of sp³-hybridized carbons (Fsp3) is 0.556. The van der Waals surface area contributed by atoms with Gasteiger partial charge in [0.15, 0.2) is 0 Å². The maximum absolute atomic E-state index is 12.4. The van der Waals surface area contributed by atoms with Gasteiger partial charge in [-0.25, -0.2) is 4.68 Å². The Morgan fingerprint density at radius 1 is 1.31 bits per heavy atom. The molecule has 0 spiro atoms. The summed E-state index contributed by atoms with van der Waals surface area (Å²) in [6.07, 6.45) is 6.30. The van der Waals surface area contributed by atoms with E-state index in [9.17, 15) is 9.59 Å². The summed E-state index contributed by atoms with van der Waals surface area (Å²) >= 11 is 0. The van der Waals surface area contributed by atoms with E-state index in [1.54, 1.807) is 36.3 Å². The average molecular weight is 358 g/mol. The third-order valence-corrected chi connectivity index (χ3v) is 4.87. The molecule has 0 unspecified atom stereocenters. The molecule has 0 bridgehead atoms. The lowest BCUT2D eigenvalue weighted by molar-refractivity contribution is 0.0934. The molecule has 0 radical (unpaired) electrons. The van der Waals surface area contributed by atoms with E-state index in [1.165, 1.54) is 4.68 Å². The second-order valence-corrected chi connectivity index (χ2v) is 6.76.